The summed E-state index contributed by atoms with van der Waals surface area (Å²) in [4.78, 5) is 10.9. The normalized spacial score (nSPS) is 14.4. The molecule has 0 aliphatic heterocycles. The summed E-state index contributed by atoms with van der Waals surface area (Å²) in [6, 6.07) is 4.46. The van der Waals surface area contributed by atoms with Crippen LogP contribution in [0, 0.1) is 0 Å². The zero-order valence-corrected chi connectivity index (χ0v) is 11.4. The minimum Gasteiger partial charge on any atom is -0.478 e. The average Bonchev–Trinajstić information content (AvgIpc) is 2.28. The second-order valence-electron chi connectivity index (χ2n) is 3.57. The lowest BCUT2D eigenvalue weighted by atomic mass is 10.0. The van der Waals surface area contributed by atoms with Gasteiger partial charge in [0.15, 0.2) is 0 Å². The van der Waals surface area contributed by atoms with Crippen LogP contribution in [0.3, 0.4) is 0 Å². The van der Waals surface area contributed by atoms with Crippen molar-refractivity contribution in [2.75, 3.05) is 5.75 Å². The minimum atomic E-state index is -1.10. The molecule has 1 rings (SSSR count). The Morgan fingerprint density at radius 2 is 2.06 bits per heavy atom. The topological polar surface area (TPSA) is 77.8 Å². The van der Waals surface area contributed by atoms with Gasteiger partial charge in [0.2, 0.25) is 0 Å². The maximum absolute atomic E-state index is 10.9. The number of aromatic carboxylic acids is 1. The second kappa shape index (κ2) is 6.39. The van der Waals surface area contributed by atoms with Crippen molar-refractivity contribution >= 4 is 34.5 Å². The lowest BCUT2D eigenvalue weighted by Gasteiger charge is -2.18. The largest absolute Gasteiger partial charge is 0.478 e. The van der Waals surface area contributed by atoms with Gasteiger partial charge in [-0.05, 0) is 45.8 Å². The van der Waals surface area contributed by atoms with Crippen molar-refractivity contribution in [1.29, 1.82) is 0 Å². The Morgan fingerprint density at radius 1 is 1.41 bits per heavy atom. The van der Waals surface area contributed by atoms with E-state index in [1.165, 1.54) is 12.1 Å². The first-order chi connectivity index (χ1) is 7.97. The van der Waals surface area contributed by atoms with E-state index in [0.29, 0.717) is 22.2 Å². The van der Waals surface area contributed by atoms with Gasteiger partial charge in [-0.15, -0.1) is 0 Å². The quantitative estimate of drug-likeness (QED) is 0.624. The SMILES string of the molecule is O=C(O)c1cc(C(O)C(O)CCS)ccc1Br. The molecule has 4 nitrogen and oxygen atoms in total. The van der Waals surface area contributed by atoms with Crippen molar-refractivity contribution in [2.45, 2.75) is 18.6 Å². The summed E-state index contributed by atoms with van der Waals surface area (Å²) in [5.74, 6) is -0.643. The van der Waals surface area contributed by atoms with Crippen LogP contribution in [0.25, 0.3) is 0 Å². The van der Waals surface area contributed by atoms with Gasteiger partial charge in [-0.2, -0.15) is 12.6 Å². The first-order valence-corrected chi connectivity index (χ1v) is 6.39. The number of hydrogen-bond acceptors (Lipinski definition) is 4. The Balaban J connectivity index is 2.99. The summed E-state index contributed by atoms with van der Waals surface area (Å²) in [5, 5.41) is 28.4. The molecule has 0 spiro atoms. The van der Waals surface area contributed by atoms with E-state index < -0.39 is 18.2 Å². The molecule has 1 aromatic rings. The summed E-state index contributed by atoms with van der Waals surface area (Å²) >= 11 is 7.07. The molecule has 17 heavy (non-hydrogen) atoms. The Morgan fingerprint density at radius 3 is 2.59 bits per heavy atom. The molecule has 0 radical (unpaired) electrons. The van der Waals surface area contributed by atoms with Crippen molar-refractivity contribution < 1.29 is 20.1 Å². The molecule has 0 bridgehead atoms. The van der Waals surface area contributed by atoms with Gasteiger partial charge in [-0.25, -0.2) is 4.79 Å². The standard InChI is InChI=1S/C11H13BrO4S/c12-8-2-1-6(5-7(8)11(15)16)10(14)9(13)3-4-17/h1-2,5,9-10,13-14,17H,3-4H2,(H,15,16). The van der Waals surface area contributed by atoms with Crippen LogP contribution in [0.1, 0.15) is 28.4 Å². The fourth-order valence-electron chi connectivity index (χ4n) is 1.40. The molecule has 1 aromatic carbocycles. The molecular formula is C11H13BrO4S. The Hall–Kier alpha value is -0.560. The Labute approximate surface area is 113 Å². The number of hydrogen-bond donors (Lipinski definition) is 4. The molecule has 0 saturated carbocycles. The van der Waals surface area contributed by atoms with Gasteiger partial charge >= 0.3 is 5.97 Å². The van der Waals surface area contributed by atoms with Crippen molar-refractivity contribution in [3.05, 3.63) is 33.8 Å². The summed E-state index contributed by atoms with van der Waals surface area (Å²) < 4.78 is 0.435. The van der Waals surface area contributed by atoms with Crippen molar-refractivity contribution in [3.63, 3.8) is 0 Å². The third-order valence-electron chi connectivity index (χ3n) is 2.35. The molecule has 0 aliphatic carbocycles. The first kappa shape index (κ1) is 14.5. The highest BCUT2D eigenvalue weighted by Gasteiger charge is 2.19. The number of carbonyl (C=O) groups is 1. The van der Waals surface area contributed by atoms with Crippen LogP contribution in [0.4, 0.5) is 0 Å². The van der Waals surface area contributed by atoms with E-state index in [0.717, 1.165) is 0 Å². The molecule has 0 amide bonds. The molecule has 94 valence electrons. The number of carboxylic acids is 1. The van der Waals surface area contributed by atoms with E-state index >= 15 is 0 Å². The maximum Gasteiger partial charge on any atom is 0.336 e. The number of benzene rings is 1. The summed E-state index contributed by atoms with van der Waals surface area (Å²) in [6.45, 7) is 0. The fourth-order valence-corrected chi connectivity index (χ4v) is 2.08. The predicted molar refractivity (Wildman–Crippen MR) is 70.5 cm³/mol. The number of aliphatic hydroxyl groups is 2. The third kappa shape index (κ3) is 3.70. The van der Waals surface area contributed by atoms with Gasteiger partial charge < -0.3 is 15.3 Å². The summed E-state index contributed by atoms with van der Waals surface area (Å²) in [5.41, 5.74) is 0.430. The zero-order chi connectivity index (χ0) is 13.0. The minimum absolute atomic E-state index is 0.0552. The molecule has 2 unspecified atom stereocenters. The Bertz CT molecular complexity index is 410. The lowest BCUT2D eigenvalue weighted by Crippen LogP contribution is -2.19. The average molecular weight is 321 g/mol. The van der Waals surface area contributed by atoms with Crippen LogP contribution in [0.15, 0.2) is 22.7 Å². The predicted octanol–water partition coefficient (Wildman–Crippen LogP) is 1.86. The van der Waals surface area contributed by atoms with Crippen LogP contribution in [0.5, 0.6) is 0 Å². The van der Waals surface area contributed by atoms with E-state index in [1.807, 2.05) is 0 Å². The molecule has 2 atom stereocenters. The Kier molecular flexibility index (Phi) is 5.45. The number of thiol groups is 1. The number of halogens is 1. The highest BCUT2D eigenvalue weighted by atomic mass is 79.9. The van der Waals surface area contributed by atoms with E-state index in [1.54, 1.807) is 6.07 Å². The van der Waals surface area contributed by atoms with E-state index in [2.05, 4.69) is 28.6 Å². The molecule has 0 fully saturated rings. The summed E-state index contributed by atoms with van der Waals surface area (Å²) in [7, 11) is 0. The van der Waals surface area contributed by atoms with Gasteiger partial charge in [0.25, 0.3) is 0 Å². The molecular weight excluding hydrogens is 308 g/mol. The van der Waals surface area contributed by atoms with Gasteiger partial charge in [0.1, 0.15) is 6.10 Å². The molecule has 6 heteroatoms. The highest BCUT2D eigenvalue weighted by Crippen LogP contribution is 2.25. The molecule has 0 saturated heterocycles. The molecule has 0 aromatic heterocycles. The monoisotopic (exact) mass is 320 g/mol. The van der Waals surface area contributed by atoms with Crippen LogP contribution in [0.2, 0.25) is 0 Å². The van der Waals surface area contributed by atoms with Crippen LogP contribution in [-0.2, 0) is 0 Å². The van der Waals surface area contributed by atoms with Gasteiger partial charge in [-0.3, -0.25) is 0 Å². The molecule has 0 aliphatic rings. The second-order valence-corrected chi connectivity index (χ2v) is 4.87. The number of rotatable bonds is 5. The summed E-state index contributed by atoms with van der Waals surface area (Å²) in [6.07, 6.45) is -1.72. The van der Waals surface area contributed by atoms with E-state index in [4.69, 9.17) is 5.11 Å². The highest BCUT2D eigenvalue weighted by molar-refractivity contribution is 9.10. The van der Waals surface area contributed by atoms with Gasteiger partial charge in [0.05, 0.1) is 11.7 Å². The van der Waals surface area contributed by atoms with Crippen LogP contribution in [-0.4, -0.2) is 33.1 Å². The molecule has 3 N–H and O–H groups in total. The van der Waals surface area contributed by atoms with Crippen LogP contribution >= 0.6 is 28.6 Å². The third-order valence-corrected chi connectivity index (χ3v) is 3.30. The van der Waals surface area contributed by atoms with E-state index in [9.17, 15) is 15.0 Å². The smallest absolute Gasteiger partial charge is 0.336 e. The van der Waals surface area contributed by atoms with Crippen molar-refractivity contribution in [3.8, 4) is 0 Å². The van der Waals surface area contributed by atoms with Crippen molar-refractivity contribution in [1.82, 2.24) is 0 Å². The van der Waals surface area contributed by atoms with Gasteiger partial charge in [0, 0.05) is 4.47 Å². The number of aliphatic hydroxyl groups excluding tert-OH is 2. The first-order valence-electron chi connectivity index (χ1n) is 4.97. The number of carboxylic acid groups (broad SMARTS) is 1. The van der Waals surface area contributed by atoms with Crippen LogP contribution < -0.4 is 0 Å². The van der Waals surface area contributed by atoms with Crippen molar-refractivity contribution in [2.24, 2.45) is 0 Å². The van der Waals surface area contributed by atoms with E-state index in [-0.39, 0.29) is 5.56 Å². The fraction of sp³-hybridized carbons (Fsp3) is 0.364. The van der Waals surface area contributed by atoms with Gasteiger partial charge in [-0.1, -0.05) is 6.07 Å². The lowest BCUT2D eigenvalue weighted by molar-refractivity contribution is 0.0171. The zero-order valence-electron chi connectivity index (χ0n) is 8.88. The molecule has 0 heterocycles. The maximum atomic E-state index is 10.9.